The van der Waals surface area contributed by atoms with Crippen molar-refractivity contribution < 1.29 is 18.4 Å². The summed E-state index contributed by atoms with van der Waals surface area (Å²) in [5.74, 6) is -3.13. The Bertz CT molecular complexity index is 443. The van der Waals surface area contributed by atoms with E-state index < -0.39 is 29.1 Å². The molecule has 0 saturated carbocycles. The molecular formula is C12H14F2N2O2. The van der Waals surface area contributed by atoms with Crippen LogP contribution in [0, 0.1) is 11.6 Å². The Labute approximate surface area is 103 Å². The number of hydrogen-bond acceptors (Lipinski definition) is 2. The summed E-state index contributed by atoms with van der Waals surface area (Å²) >= 11 is 0. The predicted octanol–water partition coefficient (Wildman–Crippen LogP) is 2.20. The molecule has 4 nitrogen and oxygen atoms in total. The van der Waals surface area contributed by atoms with Gasteiger partial charge in [0.15, 0.2) is 0 Å². The van der Waals surface area contributed by atoms with Gasteiger partial charge in [-0.25, -0.2) is 13.6 Å². The zero-order valence-electron chi connectivity index (χ0n) is 10.1. The number of amides is 3. The average molecular weight is 256 g/mol. The summed E-state index contributed by atoms with van der Waals surface area (Å²) in [5.41, 5.74) is -0.767. The molecule has 0 heterocycles. The molecule has 98 valence electrons. The maximum absolute atomic E-state index is 13.2. The van der Waals surface area contributed by atoms with E-state index >= 15 is 0 Å². The standard InChI is InChI=1S/C12H14F2N2O2/c1-3-7(2)15-12(18)16-11(17)10-8(13)5-4-6-9(10)14/h4-7H,3H2,1-2H3,(H2,15,16,17,18). The van der Waals surface area contributed by atoms with Gasteiger partial charge in [0, 0.05) is 6.04 Å². The minimum atomic E-state index is -1.11. The first-order chi connectivity index (χ1) is 8.45. The predicted molar refractivity (Wildman–Crippen MR) is 62.1 cm³/mol. The third-order valence-corrected chi connectivity index (χ3v) is 2.41. The molecule has 0 aliphatic rings. The van der Waals surface area contributed by atoms with Crippen LogP contribution in [0.2, 0.25) is 0 Å². The highest BCUT2D eigenvalue weighted by Gasteiger charge is 2.19. The monoisotopic (exact) mass is 256 g/mol. The summed E-state index contributed by atoms with van der Waals surface area (Å²) in [6.07, 6.45) is 0.676. The minimum absolute atomic E-state index is 0.136. The molecule has 1 unspecified atom stereocenters. The lowest BCUT2D eigenvalue weighted by Crippen LogP contribution is -2.43. The molecule has 1 rings (SSSR count). The molecule has 1 aromatic carbocycles. The Balaban J connectivity index is 2.74. The Morgan fingerprint density at radius 1 is 1.28 bits per heavy atom. The molecule has 0 aliphatic heterocycles. The first-order valence-corrected chi connectivity index (χ1v) is 5.51. The minimum Gasteiger partial charge on any atom is -0.335 e. The molecular weight excluding hydrogens is 242 g/mol. The fourth-order valence-corrected chi connectivity index (χ4v) is 1.24. The first-order valence-electron chi connectivity index (χ1n) is 5.51. The van der Waals surface area contributed by atoms with Gasteiger partial charge >= 0.3 is 6.03 Å². The van der Waals surface area contributed by atoms with Gasteiger partial charge in [0.1, 0.15) is 17.2 Å². The van der Waals surface area contributed by atoms with E-state index in [1.807, 2.05) is 12.2 Å². The van der Waals surface area contributed by atoms with Crippen LogP contribution in [0.15, 0.2) is 18.2 Å². The molecule has 0 bridgehead atoms. The summed E-state index contributed by atoms with van der Waals surface area (Å²) < 4.78 is 26.5. The second kappa shape index (κ2) is 6.09. The van der Waals surface area contributed by atoms with Gasteiger partial charge in [-0.15, -0.1) is 0 Å². The maximum atomic E-state index is 13.2. The van der Waals surface area contributed by atoms with Crippen molar-refractivity contribution in [3.8, 4) is 0 Å². The molecule has 18 heavy (non-hydrogen) atoms. The molecule has 0 aliphatic carbocycles. The molecule has 0 spiro atoms. The smallest absolute Gasteiger partial charge is 0.321 e. The normalized spacial score (nSPS) is 11.8. The van der Waals surface area contributed by atoms with Crippen LogP contribution < -0.4 is 10.6 Å². The van der Waals surface area contributed by atoms with Crippen LogP contribution in [0.4, 0.5) is 13.6 Å². The summed E-state index contributed by atoms with van der Waals surface area (Å²) in [6, 6.07) is 2.12. The van der Waals surface area contributed by atoms with Gasteiger partial charge in [-0.1, -0.05) is 13.0 Å². The van der Waals surface area contributed by atoms with E-state index in [2.05, 4.69) is 5.32 Å². The lowest BCUT2D eigenvalue weighted by Gasteiger charge is -2.12. The fourth-order valence-electron chi connectivity index (χ4n) is 1.24. The number of rotatable bonds is 3. The van der Waals surface area contributed by atoms with Gasteiger partial charge in [0.2, 0.25) is 0 Å². The Kier molecular flexibility index (Phi) is 4.76. The van der Waals surface area contributed by atoms with Crippen molar-refractivity contribution >= 4 is 11.9 Å². The van der Waals surface area contributed by atoms with E-state index in [0.717, 1.165) is 18.2 Å². The van der Waals surface area contributed by atoms with Crippen LogP contribution in [0.5, 0.6) is 0 Å². The highest BCUT2D eigenvalue weighted by molar-refractivity contribution is 6.04. The van der Waals surface area contributed by atoms with Crippen molar-refractivity contribution in [2.75, 3.05) is 0 Å². The van der Waals surface area contributed by atoms with Crippen LogP contribution in [-0.4, -0.2) is 18.0 Å². The van der Waals surface area contributed by atoms with Crippen LogP contribution in [0.1, 0.15) is 30.6 Å². The lowest BCUT2D eigenvalue weighted by atomic mass is 10.2. The third kappa shape index (κ3) is 3.51. The van der Waals surface area contributed by atoms with Crippen LogP contribution in [-0.2, 0) is 0 Å². The molecule has 0 radical (unpaired) electrons. The van der Waals surface area contributed by atoms with Crippen molar-refractivity contribution in [2.45, 2.75) is 26.3 Å². The number of urea groups is 1. The van der Waals surface area contributed by atoms with Crippen molar-refractivity contribution in [1.29, 1.82) is 0 Å². The number of carbonyl (C=O) groups is 2. The summed E-state index contributed by atoms with van der Waals surface area (Å²) in [7, 11) is 0. The van der Waals surface area contributed by atoms with E-state index in [4.69, 9.17) is 0 Å². The topological polar surface area (TPSA) is 58.2 Å². The fraction of sp³-hybridized carbons (Fsp3) is 0.333. The van der Waals surface area contributed by atoms with Crippen LogP contribution in [0.3, 0.4) is 0 Å². The number of carbonyl (C=O) groups excluding carboxylic acids is 2. The van der Waals surface area contributed by atoms with Gasteiger partial charge in [-0.2, -0.15) is 0 Å². The van der Waals surface area contributed by atoms with Gasteiger partial charge < -0.3 is 5.32 Å². The molecule has 0 saturated heterocycles. The second-order valence-corrected chi connectivity index (χ2v) is 3.83. The van der Waals surface area contributed by atoms with E-state index in [-0.39, 0.29) is 6.04 Å². The number of hydrogen-bond donors (Lipinski definition) is 2. The molecule has 0 aromatic heterocycles. The highest BCUT2D eigenvalue weighted by Crippen LogP contribution is 2.11. The van der Waals surface area contributed by atoms with E-state index in [1.165, 1.54) is 0 Å². The number of benzene rings is 1. The molecule has 2 N–H and O–H groups in total. The molecule has 1 atom stereocenters. The molecule has 0 fully saturated rings. The van der Waals surface area contributed by atoms with Crippen LogP contribution in [0.25, 0.3) is 0 Å². The summed E-state index contributed by atoms with van der Waals surface area (Å²) in [6.45, 7) is 3.59. The summed E-state index contributed by atoms with van der Waals surface area (Å²) in [5, 5.41) is 4.33. The molecule has 6 heteroatoms. The Morgan fingerprint density at radius 3 is 2.33 bits per heavy atom. The number of imide groups is 1. The van der Waals surface area contributed by atoms with E-state index in [9.17, 15) is 18.4 Å². The van der Waals surface area contributed by atoms with Crippen molar-refractivity contribution in [1.82, 2.24) is 10.6 Å². The quantitative estimate of drug-likeness (QED) is 0.871. The number of halogens is 2. The summed E-state index contributed by atoms with van der Waals surface area (Å²) in [4.78, 5) is 22.8. The van der Waals surface area contributed by atoms with Crippen molar-refractivity contribution in [3.05, 3.63) is 35.4 Å². The van der Waals surface area contributed by atoms with Gasteiger partial charge in [0.05, 0.1) is 0 Å². The second-order valence-electron chi connectivity index (χ2n) is 3.83. The van der Waals surface area contributed by atoms with Gasteiger partial charge in [-0.3, -0.25) is 10.1 Å². The maximum Gasteiger partial charge on any atom is 0.321 e. The zero-order chi connectivity index (χ0) is 13.7. The Morgan fingerprint density at radius 2 is 1.83 bits per heavy atom. The first kappa shape index (κ1) is 14.1. The van der Waals surface area contributed by atoms with E-state index in [0.29, 0.717) is 6.42 Å². The molecule has 1 aromatic rings. The van der Waals surface area contributed by atoms with E-state index in [1.54, 1.807) is 6.92 Å². The third-order valence-electron chi connectivity index (χ3n) is 2.41. The Hall–Kier alpha value is -1.98. The zero-order valence-corrected chi connectivity index (χ0v) is 10.1. The average Bonchev–Trinajstić information content (AvgIpc) is 2.28. The van der Waals surface area contributed by atoms with Crippen LogP contribution >= 0.6 is 0 Å². The number of nitrogens with one attached hydrogen (secondary N) is 2. The van der Waals surface area contributed by atoms with Crippen molar-refractivity contribution in [2.24, 2.45) is 0 Å². The lowest BCUT2D eigenvalue weighted by molar-refractivity contribution is 0.0955. The van der Waals surface area contributed by atoms with Gasteiger partial charge in [-0.05, 0) is 25.5 Å². The van der Waals surface area contributed by atoms with Gasteiger partial charge in [0.25, 0.3) is 5.91 Å². The highest BCUT2D eigenvalue weighted by atomic mass is 19.1. The SMILES string of the molecule is CCC(C)NC(=O)NC(=O)c1c(F)cccc1F. The van der Waals surface area contributed by atoms with Crippen molar-refractivity contribution in [3.63, 3.8) is 0 Å². The largest absolute Gasteiger partial charge is 0.335 e. The molecule has 3 amide bonds.